The second-order valence-electron chi connectivity index (χ2n) is 17.3. The summed E-state index contributed by atoms with van der Waals surface area (Å²) < 4.78 is 54.0. The van der Waals surface area contributed by atoms with E-state index in [1.165, 1.54) is 0 Å². The van der Waals surface area contributed by atoms with Crippen LogP contribution in [0.4, 0.5) is 0 Å². The molecule has 0 radical (unpaired) electrons. The van der Waals surface area contributed by atoms with Crippen LogP contribution < -0.4 is 29.6 Å². The van der Waals surface area contributed by atoms with Crippen LogP contribution in [0.25, 0.3) is 44.5 Å². The minimum Gasteiger partial charge on any atom is -0.495 e. The molecule has 8 rings (SSSR count). The number of hydrogen-bond donors (Lipinski definition) is 0. The van der Waals surface area contributed by atoms with Crippen molar-refractivity contribution in [2.24, 2.45) is 0 Å². The first kappa shape index (κ1) is 44.0. The molecule has 2 heterocycles. The molecule has 6 aromatic carbocycles. The van der Waals surface area contributed by atoms with E-state index in [-0.39, 0.29) is 17.9 Å². The van der Waals surface area contributed by atoms with Gasteiger partial charge in [0.2, 0.25) is 0 Å². The first-order valence-electron chi connectivity index (χ1n) is 19.9. The predicted molar refractivity (Wildman–Crippen MR) is 258 cm³/mol. The van der Waals surface area contributed by atoms with Crippen molar-refractivity contribution in [2.75, 3.05) is 26.9 Å². The Kier molecular flexibility index (Phi) is 12.2. The van der Waals surface area contributed by atoms with Gasteiger partial charge in [0.05, 0.1) is 29.3 Å². The zero-order valence-corrected chi connectivity index (χ0v) is 40.9. The number of methoxy groups -OCH3 is 2. The van der Waals surface area contributed by atoms with Gasteiger partial charge >= 0.3 is 0 Å². The lowest BCUT2D eigenvalue weighted by Gasteiger charge is -2.29. The van der Waals surface area contributed by atoms with Gasteiger partial charge in [0.15, 0.2) is 14.3 Å². The SMILES string of the molecule is COc1c(-c2ccccc2)cc(-c2ccccc2)c(C)c1-c1cccc2c1[P@](=O)(C(C)(C)C)CO2.COc1c(Br)cc(Br)c(C)c1-c1cccc2c1[P@](=O)(C(C)(C)C)CO2. The molecule has 0 unspecified atom stereocenters. The minimum absolute atomic E-state index is 0.230. The van der Waals surface area contributed by atoms with Gasteiger partial charge in [0.1, 0.15) is 35.7 Å². The zero-order chi connectivity index (χ0) is 43.4. The normalized spacial score (nSPS) is 18.1. The van der Waals surface area contributed by atoms with Gasteiger partial charge in [-0.2, -0.15) is 0 Å². The third kappa shape index (κ3) is 7.50. The molecule has 312 valence electrons. The van der Waals surface area contributed by atoms with E-state index in [1.807, 2.05) is 109 Å². The van der Waals surface area contributed by atoms with Crippen LogP contribution in [0.15, 0.2) is 118 Å². The summed E-state index contributed by atoms with van der Waals surface area (Å²) in [6.45, 7) is 16.4. The van der Waals surface area contributed by atoms with Crippen LogP contribution in [0.2, 0.25) is 0 Å². The topological polar surface area (TPSA) is 71.1 Å². The number of halogens is 2. The highest BCUT2D eigenvalue weighted by Gasteiger charge is 2.48. The van der Waals surface area contributed by atoms with Crippen LogP contribution in [0.3, 0.4) is 0 Å². The Hall–Kier alpha value is -4.06. The summed E-state index contributed by atoms with van der Waals surface area (Å²) in [5.74, 6) is 2.96. The lowest BCUT2D eigenvalue weighted by molar-refractivity contribution is 0.389. The average molecular weight is 971 g/mol. The summed E-state index contributed by atoms with van der Waals surface area (Å²) in [6.07, 6.45) is 0.480. The molecule has 6 nitrogen and oxygen atoms in total. The highest BCUT2D eigenvalue weighted by molar-refractivity contribution is 9.11. The molecule has 0 N–H and O–H groups in total. The second-order valence-corrected chi connectivity index (χ2v) is 26.0. The van der Waals surface area contributed by atoms with Crippen LogP contribution >= 0.6 is 46.1 Å². The molecule has 0 aromatic heterocycles. The number of ether oxygens (including phenoxy) is 4. The summed E-state index contributed by atoms with van der Waals surface area (Å²) in [7, 11) is -2.21. The van der Waals surface area contributed by atoms with Crippen molar-refractivity contribution in [3.63, 3.8) is 0 Å². The van der Waals surface area contributed by atoms with E-state index in [0.29, 0.717) is 11.5 Å². The van der Waals surface area contributed by atoms with Crippen LogP contribution in [0, 0.1) is 13.8 Å². The highest BCUT2D eigenvalue weighted by atomic mass is 79.9. The first-order chi connectivity index (χ1) is 28.4. The van der Waals surface area contributed by atoms with Gasteiger partial charge in [-0.15, -0.1) is 0 Å². The number of benzene rings is 6. The molecular formula is C50H52Br2O6P2. The van der Waals surface area contributed by atoms with Gasteiger partial charge in [-0.05, 0) is 81.9 Å². The fraction of sp³-hybridized carbons (Fsp3) is 0.280. The molecule has 2 aliphatic rings. The minimum atomic E-state index is -2.85. The molecule has 6 aromatic rings. The molecule has 2 aliphatic heterocycles. The molecular weight excluding hydrogens is 918 g/mol. The van der Waals surface area contributed by atoms with Crippen molar-refractivity contribution < 1.29 is 28.1 Å². The fourth-order valence-corrected chi connectivity index (χ4v) is 14.7. The third-order valence-corrected chi connectivity index (χ3v) is 20.9. The lowest BCUT2D eigenvalue weighted by Crippen LogP contribution is -2.23. The van der Waals surface area contributed by atoms with Crippen molar-refractivity contribution in [3.05, 3.63) is 129 Å². The summed E-state index contributed by atoms with van der Waals surface area (Å²) >= 11 is 7.20. The quantitative estimate of drug-likeness (QED) is 0.155. The average Bonchev–Trinajstić information content (AvgIpc) is 3.78. The Bertz CT molecular complexity index is 2700. The van der Waals surface area contributed by atoms with Crippen molar-refractivity contribution in [3.8, 4) is 67.5 Å². The monoisotopic (exact) mass is 968 g/mol. The Morgan fingerprint density at radius 2 is 0.950 bits per heavy atom. The number of hydrogen-bond acceptors (Lipinski definition) is 6. The molecule has 0 fully saturated rings. The van der Waals surface area contributed by atoms with E-state index in [1.54, 1.807) is 14.2 Å². The van der Waals surface area contributed by atoms with E-state index in [0.717, 1.165) is 86.7 Å². The second kappa shape index (κ2) is 16.7. The van der Waals surface area contributed by atoms with Gasteiger partial charge in [0.25, 0.3) is 0 Å². The largest absolute Gasteiger partial charge is 0.495 e. The highest BCUT2D eigenvalue weighted by Crippen LogP contribution is 2.65. The van der Waals surface area contributed by atoms with E-state index in [4.69, 9.17) is 18.9 Å². The maximum absolute atomic E-state index is 14.5. The zero-order valence-electron chi connectivity index (χ0n) is 35.9. The predicted octanol–water partition coefficient (Wildman–Crippen LogP) is 14.5. The van der Waals surface area contributed by atoms with Crippen molar-refractivity contribution in [2.45, 2.75) is 65.7 Å². The molecule has 10 heteroatoms. The Labute approximate surface area is 372 Å². The summed E-state index contributed by atoms with van der Waals surface area (Å²) in [5.41, 5.74) is 10.2. The molecule has 0 aliphatic carbocycles. The Balaban J connectivity index is 0.000000192. The molecule has 0 saturated heterocycles. The smallest absolute Gasteiger partial charge is 0.160 e. The lowest BCUT2D eigenvalue weighted by atomic mass is 9.87. The molecule has 60 heavy (non-hydrogen) atoms. The van der Waals surface area contributed by atoms with E-state index in [9.17, 15) is 9.13 Å². The van der Waals surface area contributed by atoms with E-state index >= 15 is 0 Å². The van der Waals surface area contributed by atoms with Crippen LogP contribution in [-0.2, 0) is 9.13 Å². The van der Waals surface area contributed by atoms with Crippen LogP contribution in [0.5, 0.6) is 23.0 Å². The Morgan fingerprint density at radius 1 is 0.517 bits per heavy atom. The van der Waals surface area contributed by atoms with Crippen molar-refractivity contribution in [1.29, 1.82) is 0 Å². The van der Waals surface area contributed by atoms with Gasteiger partial charge in [-0.3, -0.25) is 0 Å². The molecule has 0 saturated carbocycles. The van der Waals surface area contributed by atoms with Crippen LogP contribution in [0.1, 0.15) is 52.7 Å². The standard InChI is InChI=1S/C31H31O3P.C19H21Br2O3P/c1-21-25(22-13-8-6-9-14-22)19-26(23-15-10-7-11-16-23)29(33-5)28(21)24-17-12-18-27-30(24)35(32,20-34-27)31(2,3)4;1-11-13(20)9-14(21)17(23-5)16(11)12-7-6-8-15-18(12)25(22,10-24-15)19(2,3)4/h6-19H,20H2,1-5H3;6-9H,10H2,1-5H3/t35-;25-/m00/s1. The number of rotatable bonds is 6. The molecule has 0 spiro atoms. The van der Waals surface area contributed by atoms with Crippen LogP contribution in [-0.4, -0.2) is 37.2 Å². The summed E-state index contributed by atoms with van der Waals surface area (Å²) in [5, 5.41) is 0.861. The third-order valence-electron chi connectivity index (χ3n) is 11.8. The fourth-order valence-electron chi connectivity index (χ4n) is 8.20. The van der Waals surface area contributed by atoms with Gasteiger partial charge in [-0.25, -0.2) is 0 Å². The van der Waals surface area contributed by atoms with E-state index < -0.39 is 19.4 Å². The van der Waals surface area contributed by atoms with Gasteiger partial charge in [0, 0.05) is 42.6 Å². The van der Waals surface area contributed by atoms with Crippen molar-refractivity contribution in [1.82, 2.24) is 0 Å². The maximum Gasteiger partial charge on any atom is 0.160 e. The Morgan fingerprint density at radius 3 is 1.38 bits per heavy atom. The molecule has 0 bridgehead atoms. The first-order valence-corrected chi connectivity index (χ1v) is 25.3. The van der Waals surface area contributed by atoms with E-state index in [2.05, 4.69) is 87.3 Å². The molecule has 0 amide bonds. The molecule has 2 atom stereocenters. The van der Waals surface area contributed by atoms with Crippen molar-refractivity contribution >= 4 is 56.8 Å². The number of fused-ring (bicyclic) bond motifs is 2. The summed E-state index contributed by atoms with van der Waals surface area (Å²) in [4.78, 5) is 0. The maximum atomic E-state index is 14.5. The van der Waals surface area contributed by atoms with Gasteiger partial charge < -0.3 is 28.1 Å². The summed E-state index contributed by atoms with van der Waals surface area (Å²) in [6, 6.07) is 36.7. The van der Waals surface area contributed by atoms with Gasteiger partial charge in [-0.1, -0.05) is 142 Å².